The largest absolute Gasteiger partial charge is 0.481 e. The Hall–Kier alpha value is -5.67. The predicted molar refractivity (Wildman–Crippen MR) is 290 cm³/mol. The SMILES string of the molecule is CC(C(=O)CCC(=O)NCCCCCCc1ccc(CCc2cncc([C@H](CC(=O)O)CC(=O)[C@@H]3CCCN(C(=O)CCC4CCNCC4)C3)c2)cc1)N1CCN(CC(=O)O)CCN(CC(=O)O)CCN(CC(=O)O)CC1. The number of carbonyl (C=O) groups is 8. The van der Waals surface area contributed by atoms with Crippen molar-refractivity contribution in [3.05, 3.63) is 65.0 Å². The highest BCUT2D eigenvalue weighted by Gasteiger charge is 2.32. The molecular weight excluding hydrogens is 989 g/mol. The van der Waals surface area contributed by atoms with E-state index < -0.39 is 35.8 Å². The Labute approximate surface area is 454 Å². The maximum atomic E-state index is 13.7. The van der Waals surface area contributed by atoms with Gasteiger partial charge in [-0.1, -0.05) is 43.2 Å². The number of amides is 2. The van der Waals surface area contributed by atoms with Gasteiger partial charge in [0, 0.05) is 122 Å². The normalized spacial score (nSPS) is 18.8. The average molecular weight is 1080 g/mol. The number of aliphatic carboxylic acids is 4. The summed E-state index contributed by atoms with van der Waals surface area (Å²) >= 11 is 0. The minimum atomic E-state index is -1.03. The van der Waals surface area contributed by atoms with E-state index in [0.717, 1.165) is 88.4 Å². The second-order valence-corrected chi connectivity index (χ2v) is 21.5. The summed E-state index contributed by atoms with van der Waals surface area (Å²) < 4.78 is 0. The smallest absolute Gasteiger partial charge is 0.317 e. The number of unbranched alkanes of at least 4 members (excludes halogenated alkanes) is 3. The summed E-state index contributed by atoms with van der Waals surface area (Å²) in [5, 5.41) is 44.6. The molecule has 0 saturated carbocycles. The molecular formula is C57H86N8O12. The second kappa shape index (κ2) is 33.6. The molecule has 1 aromatic carbocycles. The van der Waals surface area contributed by atoms with E-state index in [-0.39, 0.29) is 101 Å². The lowest BCUT2D eigenvalue weighted by molar-refractivity contribution is -0.140. The number of carboxylic acids is 4. The van der Waals surface area contributed by atoms with E-state index in [1.54, 1.807) is 34.0 Å². The molecule has 4 heterocycles. The number of ketones is 2. The van der Waals surface area contributed by atoms with Crippen LogP contribution in [-0.2, 0) is 57.6 Å². The van der Waals surface area contributed by atoms with Crippen LogP contribution >= 0.6 is 0 Å². The maximum Gasteiger partial charge on any atom is 0.317 e. The number of aromatic nitrogens is 1. The molecule has 0 aliphatic carbocycles. The zero-order chi connectivity index (χ0) is 55.5. The fourth-order valence-electron chi connectivity index (χ4n) is 10.8. The Morgan fingerprint density at radius 2 is 1.21 bits per heavy atom. The second-order valence-electron chi connectivity index (χ2n) is 21.5. The molecule has 5 rings (SSSR count). The molecule has 2 amide bonds. The Morgan fingerprint density at radius 3 is 1.81 bits per heavy atom. The molecule has 6 N–H and O–H groups in total. The third-order valence-corrected chi connectivity index (χ3v) is 15.6. The Balaban J connectivity index is 0.980. The first-order valence-corrected chi connectivity index (χ1v) is 28.1. The number of hydrogen-bond donors (Lipinski definition) is 6. The van der Waals surface area contributed by atoms with Crippen LogP contribution in [0.15, 0.2) is 42.7 Å². The van der Waals surface area contributed by atoms with Crippen LogP contribution in [0, 0.1) is 11.8 Å². The van der Waals surface area contributed by atoms with Gasteiger partial charge < -0.3 is 36.0 Å². The van der Waals surface area contributed by atoms with E-state index >= 15 is 0 Å². The summed E-state index contributed by atoms with van der Waals surface area (Å²) in [6, 6.07) is 9.96. The summed E-state index contributed by atoms with van der Waals surface area (Å²) in [5.74, 6) is -4.50. The van der Waals surface area contributed by atoms with Gasteiger partial charge in [-0.2, -0.15) is 0 Å². The van der Waals surface area contributed by atoms with Crippen molar-refractivity contribution in [3.8, 4) is 0 Å². The van der Waals surface area contributed by atoms with Gasteiger partial charge in [0.15, 0.2) is 0 Å². The summed E-state index contributed by atoms with van der Waals surface area (Å²) in [4.78, 5) is 113. The summed E-state index contributed by atoms with van der Waals surface area (Å²) in [5.41, 5.74) is 4.14. The van der Waals surface area contributed by atoms with Gasteiger partial charge in [-0.15, -0.1) is 0 Å². The van der Waals surface area contributed by atoms with E-state index in [4.69, 9.17) is 0 Å². The van der Waals surface area contributed by atoms with Crippen molar-refractivity contribution in [1.82, 2.24) is 40.1 Å². The van der Waals surface area contributed by atoms with Crippen LogP contribution in [0.5, 0.6) is 0 Å². The molecule has 0 spiro atoms. The van der Waals surface area contributed by atoms with E-state index in [1.165, 1.54) is 11.1 Å². The number of nitrogens with one attached hydrogen (secondary N) is 2. The fourth-order valence-corrected chi connectivity index (χ4v) is 10.8. The fraction of sp³-hybridized carbons (Fsp3) is 0.667. The van der Waals surface area contributed by atoms with Gasteiger partial charge in [-0.25, -0.2) is 0 Å². The number of Topliss-reactive ketones (excluding diaryl/α,β-unsaturated/α-hetero) is 2. The van der Waals surface area contributed by atoms with Crippen molar-refractivity contribution in [2.75, 3.05) is 105 Å². The van der Waals surface area contributed by atoms with Crippen LogP contribution in [0.25, 0.3) is 0 Å². The Morgan fingerprint density at radius 1 is 0.636 bits per heavy atom. The minimum Gasteiger partial charge on any atom is -0.481 e. The molecule has 0 radical (unpaired) electrons. The van der Waals surface area contributed by atoms with Crippen LogP contribution in [0.4, 0.5) is 0 Å². The molecule has 0 bridgehead atoms. The van der Waals surface area contributed by atoms with E-state index in [0.29, 0.717) is 71.0 Å². The van der Waals surface area contributed by atoms with Crippen LogP contribution in [-0.4, -0.2) is 208 Å². The number of likely N-dealkylation sites (tertiary alicyclic amines) is 1. The molecule has 1 aromatic heterocycles. The van der Waals surface area contributed by atoms with Crippen molar-refractivity contribution < 1.29 is 58.8 Å². The quantitative estimate of drug-likeness (QED) is 0.0607. The Bertz CT molecular complexity index is 2190. The van der Waals surface area contributed by atoms with E-state index in [1.807, 2.05) is 15.9 Å². The number of hydrogen-bond acceptors (Lipinski definition) is 14. The van der Waals surface area contributed by atoms with Crippen molar-refractivity contribution >= 4 is 47.3 Å². The molecule has 3 atom stereocenters. The highest BCUT2D eigenvalue weighted by Crippen LogP contribution is 2.29. The van der Waals surface area contributed by atoms with Gasteiger partial charge in [0.05, 0.1) is 32.1 Å². The number of nitrogens with zero attached hydrogens (tertiary/aromatic N) is 6. The topological polar surface area (TPSA) is 271 Å². The van der Waals surface area contributed by atoms with Gasteiger partial charge in [0.25, 0.3) is 0 Å². The minimum absolute atomic E-state index is 0.0130. The molecule has 3 fully saturated rings. The zero-order valence-corrected chi connectivity index (χ0v) is 45.4. The predicted octanol–water partition coefficient (Wildman–Crippen LogP) is 3.84. The highest BCUT2D eigenvalue weighted by atomic mass is 16.4. The molecule has 3 aliphatic heterocycles. The lowest BCUT2D eigenvalue weighted by Gasteiger charge is -2.35. The molecule has 426 valence electrons. The van der Waals surface area contributed by atoms with Crippen LogP contribution < -0.4 is 10.6 Å². The number of carbonyl (C=O) groups excluding carboxylic acids is 4. The van der Waals surface area contributed by atoms with Crippen molar-refractivity contribution in [2.45, 2.75) is 128 Å². The Kier molecular flexibility index (Phi) is 27.1. The molecule has 77 heavy (non-hydrogen) atoms. The van der Waals surface area contributed by atoms with Gasteiger partial charge in [-0.3, -0.25) is 62.9 Å². The van der Waals surface area contributed by atoms with Gasteiger partial charge in [-0.05, 0) is 112 Å². The highest BCUT2D eigenvalue weighted by molar-refractivity contribution is 5.88. The molecule has 1 unspecified atom stereocenters. The van der Waals surface area contributed by atoms with Crippen LogP contribution in [0.2, 0.25) is 0 Å². The van der Waals surface area contributed by atoms with Gasteiger partial charge in [0.1, 0.15) is 11.6 Å². The summed E-state index contributed by atoms with van der Waals surface area (Å²) in [7, 11) is 0. The molecule has 20 nitrogen and oxygen atoms in total. The first kappa shape index (κ1) is 62.2. The monoisotopic (exact) mass is 1070 g/mol. The number of piperidine rings is 2. The van der Waals surface area contributed by atoms with Gasteiger partial charge >= 0.3 is 23.9 Å². The molecule has 20 heteroatoms. The van der Waals surface area contributed by atoms with Crippen molar-refractivity contribution in [2.24, 2.45) is 11.8 Å². The number of rotatable bonds is 30. The third-order valence-electron chi connectivity index (χ3n) is 15.6. The standard InChI is InChI=1S/C57H86N8O12/c1-42(64-31-29-62(40-56(74)75)27-25-61(39-55(72)73)26-28-63(30-32-64)41-57(76)77)50(66)16-17-52(68)60-21-5-3-2-4-7-43-9-11-44(12-10-43)13-14-46-33-49(37-59-36-46)48(35-54(70)71)34-51(67)47-8-6-24-65(38-47)53(69)18-15-45-19-22-58-23-20-45/h9-12,33,36-37,42,45,47-48,58H,2-8,13-32,34-35,38-41H2,1H3,(H,60,68)(H,70,71)(H,72,73)(H,74,75)(H,76,77)/t42?,47-,48+/m1/s1. The van der Waals surface area contributed by atoms with Crippen LogP contribution in [0.3, 0.4) is 0 Å². The van der Waals surface area contributed by atoms with Crippen LogP contribution in [0.1, 0.15) is 125 Å². The number of pyridine rings is 1. The van der Waals surface area contributed by atoms with Crippen molar-refractivity contribution in [1.29, 1.82) is 0 Å². The number of carboxylic acid groups (broad SMARTS) is 4. The lowest BCUT2D eigenvalue weighted by atomic mass is 9.84. The number of aryl methyl sites for hydroxylation is 3. The molecule has 3 aliphatic rings. The molecule has 3 saturated heterocycles. The summed E-state index contributed by atoms with van der Waals surface area (Å²) in [6.07, 6.45) is 14.7. The average Bonchev–Trinajstić information content (AvgIpc) is 3.40. The third kappa shape index (κ3) is 23.9. The van der Waals surface area contributed by atoms with Gasteiger partial charge in [0.2, 0.25) is 11.8 Å². The molecule has 2 aromatic rings. The zero-order valence-electron chi connectivity index (χ0n) is 45.4. The first-order chi connectivity index (χ1) is 37.0. The first-order valence-electron chi connectivity index (χ1n) is 28.1. The van der Waals surface area contributed by atoms with E-state index in [9.17, 15) is 58.8 Å². The number of benzene rings is 1. The lowest BCUT2D eigenvalue weighted by Crippen LogP contribution is -2.51. The van der Waals surface area contributed by atoms with E-state index in [2.05, 4.69) is 39.9 Å². The van der Waals surface area contributed by atoms with Crippen molar-refractivity contribution in [3.63, 3.8) is 0 Å². The maximum absolute atomic E-state index is 13.7. The summed E-state index contributed by atoms with van der Waals surface area (Å²) in [6.45, 7) is 6.92.